The molecule has 0 N–H and O–H groups in total. The molecule has 0 radical (unpaired) electrons. The molecular weight excluding hydrogens is 364 g/mol. The van der Waals surface area contributed by atoms with E-state index < -0.39 is 0 Å². The standard InChI is InChI=1S/C21H25ClN2O3/c1-16-3-8-19(26-2)20(13-16)27-15-21(25)24-11-9-23(10-12-24)14-17-4-6-18(22)7-5-17/h3-8,13H,9-12,14-15H2,1-2H3. The van der Waals surface area contributed by atoms with E-state index in [2.05, 4.69) is 4.90 Å². The summed E-state index contributed by atoms with van der Waals surface area (Å²) in [5, 5.41) is 0.749. The van der Waals surface area contributed by atoms with Crippen LogP contribution in [0.2, 0.25) is 5.02 Å². The normalized spacial score (nSPS) is 14.9. The van der Waals surface area contributed by atoms with Gasteiger partial charge in [0.05, 0.1) is 7.11 Å². The number of ether oxygens (including phenoxy) is 2. The first-order chi connectivity index (χ1) is 13.0. The average molecular weight is 389 g/mol. The summed E-state index contributed by atoms with van der Waals surface area (Å²) < 4.78 is 11.0. The molecule has 27 heavy (non-hydrogen) atoms. The van der Waals surface area contributed by atoms with Gasteiger partial charge in [-0.2, -0.15) is 0 Å². The lowest BCUT2D eigenvalue weighted by atomic mass is 10.2. The zero-order chi connectivity index (χ0) is 19.2. The van der Waals surface area contributed by atoms with E-state index >= 15 is 0 Å². The van der Waals surface area contributed by atoms with Crippen LogP contribution in [-0.2, 0) is 11.3 Å². The van der Waals surface area contributed by atoms with Gasteiger partial charge in [0.15, 0.2) is 18.1 Å². The van der Waals surface area contributed by atoms with Gasteiger partial charge in [0.2, 0.25) is 0 Å². The van der Waals surface area contributed by atoms with Crippen LogP contribution < -0.4 is 9.47 Å². The Morgan fingerprint density at radius 3 is 2.41 bits per heavy atom. The Balaban J connectivity index is 1.47. The molecule has 0 aliphatic carbocycles. The molecule has 1 aliphatic rings. The second-order valence-electron chi connectivity index (χ2n) is 6.73. The van der Waals surface area contributed by atoms with E-state index in [9.17, 15) is 4.79 Å². The first kappa shape index (κ1) is 19.5. The third-order valence-electron chi connectivity index (χ3n) is 4.71. The average Bonchev–Trinajstić information content (AvgIpc) is 2.68. The van der Waals surface area contributed by atoms with Crippen molar-refractivity contribution in [3.63, 3.8) is 0 Å². The number of aryl methyl sites for hydroxylation is 1. The van der Waals surface area contributed by atoms with E-state index in [1.807, 2.05) is 54.3 Å². The second-order valence-corrected chi connectivity index (χ2v) is 7.16. The molecule has 5 nitrogen and oxygen atoms in total. The van der Waals surface area contributed by atoms with Crippen LogP contribution in [0, 0.1) is 6.92 Å². The van der Waals surface area contributed by atoms with Crippen molar-refractivity contribution >= 4 is 17.5 Å². The van der Waals surface area contributed by atoms with Crippen molar-refractivity contribution in [3.05, 3.63) is 58.6 Å². The van der Waals surface area contributed by atoms with Gasteiger partial charge in [-0.3, -0.25) is 9.69 Å². The molecule has 144 valence electrons. The van der Waals surface area contributed by atoms with Gasteiger partial charge in [0, 0.05) is 37.7 Å². The summed E-state index contributed by atoms with van der Waals surface area (Å²) in [6.07, 6.45) is 0. The fourth-order valence-electron chi connectivity index (χ4n) is 3.13. The highest BCUT2D eigenvalue weighted by Gasteiger charge is 2.21. The first-order valence-electron chi connectivity index (χ1n) is 9.07. The fourth-order valence-corrected chi connectivity index (χ4v) is 3.26. The maximum Gasteiger partial charge on any atom is 0.260 e. The van der Waals surface area contributed by atoms with Gasteiger partial charge in [0.25, 0.3) is 5.91 Å². The number of rotatable bonds is 6. The Morgan fingerprint density at radius 2 is 1.74 bits per heavy atom. The van der Waals surface area contributed by atoms with Crippen molar-refractivity contribution in [2.45, 2.75) is 13.5 Å². The van der Waals surface area contributed by atoms with Gasteiger partial charge >= 0.3 is 0 Å². The minimum Gasteiger partial charge on any atom is -0.493 e. The molecule has 0 aromatic heterocycles. The monoisotopic (exact) mass is 388 g/mol. The number of nitrogens with zero attached hydrogens (tertiary/aromatic N) is 2. The molecule has 0 bridgehead atoms. The minimum absolute atomic E-state index is 0.00435. The number of carbonyl (C=O) groups is 1. The Kier molecular flexibility index (Phi) is 6.58. The zero-order valence-corrected chi connectivity index (χ0v) is 16.5. The van der Waals surface area contributed by atoms with E-state index in [0.717, 1.165) is 30.2 Å². The van der Waals surface area contributed by atoms with Crippen LogP contribution in [0.3, 0.4) is 0 Å². The second kappa shape index (κ2) is 9.11. The van der Waals surface area contributed by atoms with E-state index in [1.54, 1.807) is 7.11 Å². The summed E-state index contributed by atoms with van der Waals surface area (Å²) in [6, 6.07) is 13.6. The summed E-state index contributed by atoms with van der Waals surface area (Å²) >= 11 is 5.93. The summed E-state index contributed by atoms with van der Waals surface area (Å²) in [4.78, 5) is 16.7. The number of methoxy groups -OCH3 is 1. The van der Waals surface area contributed by atoms with Crippen molar-refractivity contribution in [1.29, 1.82) is 0 Å². The van der Waals surface area contributed by atoms with Crippen LogP contribution in [0.1, 0.15) is 11.1 Å². The van der Waals surface area contributed by atoms with Gasteiger partial charge in [-0.1, -0.05) is 29.8 Å². The molecule has 0 spiro atoms. The van der Waals surface area contributed by atoms with Crippen LogP contribution in [-0.4, -0.2) is 55.6 Å². The van der Waals surface area contributed by atoms with E-state index in [0.29, 0.717) is 24.6 Å². The Labute approximate surface area is 165 Å². The number of piperazine rings is 1. The fraction of sp³-hybridized carbons (Fsp3) is 0.381. The maximum atomic E-state index is 12.5. The molecule has 6 heteroatoms. The van der Waals surface area contributed by atoms with Crippen molar-refractivity contribution < 1.29 is 14.3 Å². The lowest BCUT2D eigenvalue weighted by Crippen LogP contribution is -2.49. The highest BCUT2D eigenvalue weighted by molar-refractivity contribution is 6.30. The number of hydrogen-bond acceptors (Lipinski definition) is 4. The lowest BCUT2D eigenvalue weighted by Gasteiger charge is -2.34. The Morgan fingerprint density at radius 1 is 1.04 bits per heavy atom. The first-order valence-corrected chi connectivity index (χ1v) is 9.45. The van der Waals surface area contributed by atoms with Crippen LogP contribution in [0.4, 0.5) is 0 Å². The third kappa shape index (κ3) is 5.37. The highest BCUT2D eigenvalue weighted by atomic mass is 35.5. The smallest absolute Gasteiger partial charge is 0.260 e. The summed E-state index contributed by atoms with van der Waals surface area (Å²) in [5.74, 6) is 1.25. The SMILES string of the molecule is COc1ccc(C)cc1OCC(=O)N1CCN(Cc2ccc(Cl)cc2)CC1. The molecule has 0 unspecified atom stereocenters. The molecular formula is C21H25ClN2O3. The molecule has 3 rings (SSSR count). The van der Waals surface area contributed by atoms with Gasteiger partial charge < -0.3 is 14.4 Å². The topological polar surface area (TPSA) is 42.0 Å². The Bertz CT molecular complexity index is 771. The summed E-state index contributed by atoms with van der Waals surface area (Å²) in [5.41, 5.74) is 2.29. The van der Waals surface area contributed by atoms with Crippen LogP contribution in [0.25, 0.3) is 0 Å². The van der Waals surface area contributed by atoms with Crippen molar-refractivity contribution in [3.8, 4) is 11.5 Å². The summed E-state index contributed by atoms with van der Waals surface area (Å²) in [6.45, 7) is 5.99. The van der Waals surface area contributed by atoms with E-state index in [-0.39, 0.29) is 12.5 Å². The van der Waals surface area contributed by atoms with Gasteiger partial charge in [-0.25, -0.2) is 0 Å². The van der Waals surface area contributed by atoms with Crippen LogP contribution >= 0.6 is 11.6 Å². The largest absolute Gasteiger partial charge is 0.493 e. The Hall–Kier alpha value is -2.24. The molecule has 1 heterocycles. The highest BCUT2D eigenvalue weighted by Crippen LogP contribution is 2.27. The molecule has 2 aromatic carbocycles. The van der Waals surface area contributed by atoms with Gasteiger partial charge in [-0.15, -0.1) is 0 Å². The van der Waals surface area contributed by atoms with Crippen molar-refractivity contribution in [2.24, 2.45) is 0 Å². The predicted octanol–water partition coefficient (Wildman–Crippen LogP) is 3.38. The third-order valence-corrected chi connectivity index (χ3v) is 4.97. The van der Waals surface area contributed by atoms with Crippen LogP contribution in [0.5, 0.6) is 11.5 Å². The zero-order valence-electron chi connectivity index (χ0n) is 15.8. The quantitative estimate of drug-likeness (QED) is 0.760. The van der Waals surface area contributed by atoms with E-state index in [1.165, 1.54) is 5.56 Å². The number of carbonyl (C=O) groups excluding carboxylic acids is 1. The van der Waals surface area contributed by atoms with Crippen LogP contribution in [0.15, 0.2) is 42.5 Å². The summed E-state index contributed by atoms with van der Waals surface area (Å²) in [7, 11) is 1.60. The number of benzene rings is 2. The van der Waals surface area contributed by atoms with Crippen molar-refractivity contribution in [1.82, 2.24) is 9.80 Å². The maximum absolute atomic E-state index is 12.5. The van der Waals surface area contributed by atoms with Crippen molar-refractivity contribution in [2.75, 3.05) is 39.9 Å². The number of amides is 1. The molecule has 1 amide bonds. The minimum atomic E-state index is 0.00435. The molecule has 1 fully saturated rings. The number of halogens is 1. The molecule has 2 aromatic rings. The van der Waals surface area contributed by atoms with Gasteiger partial charge in [-0.05, 0) is 42.3 Å². The lowest BCUT2D eigenvalue weighted by molar-refractivity contribution is -0.135. The molecule has 1 saturated heterocycles. The number of hydrogen-bond donors (Lipinski definition) is 0. The van der Waals surface area contributed by atoms with E-state index in [4.69, 9.17) is 21.1 Å². The van der Waals surface area contributed by atoms with Gasteiger partial charge in [0.1, 0.15) is 0 Å². The molecule has 1 aliphatic heterocycles. The molecule has 0 atom stereocenters. The molecule has 0 saturated carbocycles. The predicted molar refractivity (Wildman–Crippen MR) is 107 cm³/mol.